The Bertz CT molecular complexity index is 1040. The first-order valence-corrected chi connectivity index (χ1v) is 14.2. The van der Waals surface area contributed by atoms with Crippen molar-refractivity contribution in [1.82, 2.24) is 0 Å². The molecule has 0 saturated heterocycles. The van der Waals surface area contributed by atoms with E-state index in [1.807, 2.05) is 0 Å². The summed E-state index contributed by atoms with van der Waals surface area (Å²) in [6.45, 7) is 8.77. The van der Waals surface area contributed by atoms with Crippen LogP contribution in [0, 0.1) is 0 Å². The first-order chi connectivity index (χ1) is 16.5. The normalized spacial score (nSPS) is 12.3. The molecule has 182 valence electrons. The highest BCUT2D eigenvalue weighted by atomic mass is 35.5. The third-order valence-corrected chi connectivity index (χ3v) is 10.4. The molecule has 2 heteroatoms. The van der Waals surface area contributed by atoms with E-state index in [-0.39, 0.29) is 12.4 Å². The minimum Gasteiger partial charge on any atom is -1.00 e. The fourth-order valence-electron chi connectivity index (χ4n) is 4.20. The molecule has 0 fully saturated rings. The number of allylic oxidation sites excluding steroid dienone is 8. The lowest BCUT2D eigenvalue weighted by atomic mass is 10.1. The Kier molecular flexibility index (Phi) is 12.0. The summed E-state index contributed by atoms with van der Waals surface area (Å²) >= 11 is 0. The standard InChI is InChI=1S/C33H38P.ClH/c1-28(2)16-14-17-29(3)18-15-19-30(4)26-27-34(31-20-8-5-9-21-31,32-22-10-6-11-23-32)33-24-12-7-13-25-33;/h5-13,15-16,18-26H,14,17,27H2,1-4H3;1H/q+1;/p-1/b19-15+,29-18+,30-26+;. The highest BCUT2D eigenvalue weighted by Gasteiger charge is 2.44. The van der Waals surface area contributed by atoms with Gasteiger partial charge in [0.2, 0.25) is 0 Å². The molecule has 0 aliphatic rings. The third kappa shape index (κ3) is 8.21. The fourth-order valence-corrected chi connectivity index (χ4v) is 8.33. The average molecular weight is 501 g/mol. The summed E-state index contributed by atoms with van der Waals surface area (Å²) in [5, 5.41) is 4.28. The van der Waals surface area contributed by atoms with Gasteiger partial charge in [0.25, 0.3) is 0 Å². The van der Waals surface area contributed by atoms with Gasteiger partial charge in [-0.15, -0.1) is 0 Å². The van der Waals surface area contributed by atoms with Gasteiger partial charge in [0.05, 0.1) is 6.16 Å². The molecule has 0 amide bonds. The lowest BCUT2D eigenvalue weighted by Gasteiger charge is -2.26. The molecule has 0 nitrogen and oxygen atoms in total. The second-order valence-electron chi connectivity index (χ2n) is 9.14. The van der Waals surface area contributed by atoms with E-state index in [0.717, 1.165) is 19.0 Å². The molecule has 0 radical (unpaired) electrons. The summed E-state index contributed by atoms with van der Waals surface area (Å²) in [6.07, 6.45) is 14.7. The number of benzene rings is 3. The fraction of sp³-hybridized carbons (Fsp3) is 0.212. The average Bonchev–Trinajstić information content (AvgIpc) is 2.86. The van der Waals surface area contributed by atoms with Crippen molar-refractivity contribution in [3.63, 3.8) is 0 Å². The van der Waals surface area contributed by atoms with E-state index in [1.165, 1.54) is 32.6 Å². The van der Waals surface area contributed by atoms with Crippen LogP contribution < -0.4 is 28.3 Å². The molecular formula is C33H38ClP. The maximum atomic E-state index is 2.43. The van der Waals surface area contributed by atoms with Gasteiger partial charge in [0.15, 0.2) is 0 Å². The van der Waals surface area contributed by atoms with Crippen molar-refractivity contribution in [3.8, 4) is 0 Å². The lowest BCUT2D eigenvalue weighted by Crippen LogP contribution is -3.00. The molecule has 0 aromatic heterocycles. The molecule has 35 heavy (non-hydrogen) atoms. The second kappa shape index (κ2) is 14.7. The maximum absolute atomic E-state index is 2.43. The van der Waals surface area contributed by atoms with Crippen molar-refractivity contribution in [3.05, 3.63) is 138 Å². The minimum atomic E-state index is -1.81. The Morgan fingerprint density at radius 2 is 1.11 bits per heavy atom. The van der Waals surface area contributed by atoms with Gasteiger partial charge in [0, 0.05) is 0 Å². The lowest BCUT2D eigenvalue weighted by molar-refractivity contribution is -0.00000701. The van der Waals surface area contributed by atoms with Crippen LogP contribution in [0.3, 0.4) is 0 Å². The molecule has 0 aliphatic carbocycles. The summed E-state index contributed by atoms with van der Waals surface area (Å²) in [7, 11) is -1.81. The van der Waals surface area contributed by atoms with Gasteiger partial charge < -0.3 is 12.4 Å². The quantitative estimate of drug-likeness (QED) is 0.204. The van der Waals surface area contributed by atoms with Crippen LogP contribution in [0.15, 0.2) is 138 Å². The monoisotopic (exact) mass is 500 g/mol. The van der Waals surface area contributed by atoms with Crippen molar-refractivity contribution in [2.75, 3.05) is 6.16 Å². The topological polar surface area (TPSA) is 0 Å². The number of hydrogen-bond acceptors (Lipinski definition) is 0. The van der Waals surface area contributed by atoms with Crippen LogP contribution in [0.4, 0.5) is 0 Å². The summed E-state index contributed by atoms with van der Waals surface area (Å²) in [5.74, 6) is 0. The van der Waals surface area contributed by atoms with Crippen molar-refractivity contribution < 1.29 is 12.4 Å². The van der Waals surface area contributed by atoms with Crippen LogP contribution in [0.1, 0.15) is 40.5 Å². The van der Waals surface area contributed by atoms with Crippen LogP contribution >= 0.6 is 7.26 Å². The van der Waals surface area contributed by atoms with Gasteiger partial charge in [-0.2, -0.15) is 0 Å². The summed E-state index contributed by atoms with van der Waals surface area (Å²) in [5.41, 5.74) is 4.12. The molecule has 3 aromatic rings. The van der Waals surface area contributed by atoms with E-state index in [4.69, 9.17) is 0 Å². The molecule has 0 aliphatic heterocycles. The zero-order valence-corrected chi connectivity index (χ0v) is 23.1. The predicted molar refractivity (Wildman–Crippen MR) is 155 cm³/mol. The Balaban J connectivity index is 0.00000432. The maximum Gasteiger partial charge on any atom is 0.115 e. The smallest absolute Gasteiger partial charge is 0.115 e. The van der Waals surface area contributed by atoms with E-state index in [1.54, 1.807) is 0 Å². The molecule has 0 spiro atoms. The molecule has 3 rings (SSSR count). The molecule has 0 N–H and O–H groups in total. The van der Waals surface area contributed by atoms with Crippen LogP contribution in [-0.4, -0.2) is 6.16 Å². The molecule has 0 bridgehead atoms. The van der Waals surface area contributed by atoms with Gasteiger partial charge in [-0.05, 0) is 83.0 Å². The number of rotatable bonds is 10. The third-order valence-electron chi connectivity index (χ3n) is 6.11. The summed E-state index contributed by atoms with van der Waals surface area (Å²) in [6, 6.07) is 33.3. The molecular weight excluding hydrogens is 463 g/mol. The van der Waals surface area contributed by atoms with E-state index in [2.05, 4.69) is 149 Å². The van der Waals surface area contributed by atoms with E-state index >= 15 is 0 Å². The number of halogens is 1. The first-order valence-electron chi connectivity index (χ1n) is 12.2. The Hall–Kier alpha value is -2.66. The van der Waals surface area contributed by atoms with Crippen molar-refractivity contribution in [1.29, 1.82) is 0 Å². The molecule has 0 heterocycles. The van der Waals surface area contributed by atoms with Gasteiger partial charge in [-0.25, -0.2) is 0 Å². The molecule has 3 aromatic carbocycles. The summed E-state index contributed by atoms with van der Waals surface area (Å²) < 4.78 is 0. The Morgan fingerprint density at radius 1 is 0.657 bits per heavy atom. The van der Waals surface area contributed by atoms with Gasteiger partial charge >= 0.3 is 0 Å². The van der Waals surface area contributed by atoms with Gasteiger partial charge in [-0.3, -0.25) is 0 Å². The SMILES string of the molecule is CC(C)=CCC/C(C)=C/C=C/C(C)=C/C[P+](c1ccccc1)(c1ccccc1)c1ccccc1.[Cl-]. The first kappa shape index (κ1) is 28.6. The van der Waals surface area contributed by atoms with E-state index in [0.29, 0.717) is 0 Å². The van der Waals surface area contributed by atoms with E-state index in [9.17, 15) is 0 Å². The largest absolute Gasteiger partial charge is 1.00 e. The van der Waals surface area contributed by atoms with Crippen LogP contribution in [0.2, 0.25) is 0 Å². The highest BCUT2D eigenvalue weighted by molar-refractivity contribution is 7.95. The van der Waals surface area contributed by atoms with E-state index < -0.39 is 7.26 Å². The van der Waals surface area contributed by atoms with Crippen molar-refractivity contribution in [2.45, 2.75) is 40.5 Å². The minimum absolute atomic E-state index is 0. The van der Waals surface area contributed by atoms with Crippen molar-refractivity contribution >= 4 is 23.2 Å². The highest BCUT2D eigenvalue weighted by Crippen LogP contribution is 2.55. The molecule has 0 saturated carbocycles. The zero-order chi connectivity index (χ0) is 24.2. The second-order valence-corrected chi connectivity index (χ2v) is 12.7. The zero-order valence-electron chi connectivity index (χ0n) is 21.5. The van der Waals surface area contributed by atoms with Gasteiger partial charge in [-0.1, -0.05) is 95.6 Å². The van der Waals surface area contributed by atoms with Crippen LogP contribution in [0.5, 0.6) is 0 Å². The molecule has 0 unspecified atom stereocenters. The Labute approximate surface area is 219 Å². The predicted octanol–water partition coefficient (Wildman–Crippen LogP) is 5.18. The molecule has 0 atom stereocenters. The summed E-state index contributed by atoms with van der Waals surface area (Å²) in [4.78, 5) is 0. The van der Waals surface area contributed by atoms with Gasteiger partial charge in [0.1, 0.15) is 23.2 Å². The van der Waals surface area contributed by atoms with Crippen LogP contribution in [-0.2, 0) is 0 Å². The van der Waals surface area contributed by atoms with Crippen molar-refractivity contribution in [2.24, 2.45) is 0 Å². The Morgan fingerprint density at radius 3 is 1.54 bits per heavy atom. The van der Waals surface area contributed by atoms with Crippen LogP contribution in [0.25, 0.3) is 0 Å². The number of hydrogen-bond donors (Lipinski definition) is 0.